The monoisotopic (exact) mass is 270 g/mol. The first-order valence-electron chi connectivity index (χ1n) is 5.72. The van der Waals surface area contributed by atoms with Crippen LogP contribution in [-0.2, 0) is 6.18 Å². The second kappa shape index (κ2) is 4.95. The third-order valence-corrected chi connectivity index (χ3v) is 2.64. The quantitative estimate of drug-likeness (QED) is 0.909. The molecule has 2 aromatic rings. The highest BCUT2D eigenvalue weighted by atomic mass is 19.4. The van der Waals surface area contributed by atoms with Gasteiger partial charge in [0.15, 0.2) is 0 Å². The fourth-order valence-corrected chi connectivity index (χ4v) is 1.66. The fraction of sp³-hybridized carbons (Fsp3) is 0.308. The van der Waals surface area contributed by atoms with E-state index in [1.807, 2.05) is 0 Å². The zero-order valence-corrected chi connectivity index (χ0v) is 10.5. The number of nitrogens with zero attached hydrogens (tertiary/aromatic N) is 1. The van der Waals surface area contributed by atoms with Gasteiger partial charge in [-0.25, -0.2) is 4.98 Å². The van der Waals surface area contributed by atoms with Crippen LogP contribution in [0.15, 0.2) is 34.9 Å². The summed E-state index contributed by atoms with van der Waals surface area (Å²) < 4.78 is 43.1. The van der Waals surface area contributed by atoms with Crippen LogP contribution in [0, 0.1) is 6.92 Å². The molecule has 0 amide bonds. The molecule has 0 saturated carbocycles. The molecular weight excluding hydrogens is 257 g/mol. The van der Waals surface area contributed by atoms with Gasteiger partial charge in [0.05, 0.1) is 11.6 Å². The highest BCUT2D eigenvalue weighted by Gasteiger charge is 2.30. The number of rotatable bonds is 3. The molecule has 2 aromatic heterocycles. The second-order valence-electron chi connectivity index (χ2n) is 4.24. The zero-order chi connectivity index (χ0) is 14.0. The van der Waals surface area contributed by atoms with Gasteiger partial charge < -0.3 is 9.73 Å². The van der Waals surface area contributed by atoms with Crippen molar-refractivity contribution in [2.24, 2.45) is 0 Å². The Morgan fingerprint density at radius 2 is 2.00 bits per heavy atom. The third-order valence-electron chi connectivity index (χ3n) is 2.64. The Kier molecular flexibility index (Phi) is 3.50. The third kappa shape index (κ3) is 3.27. The molecule has 6 heteroatoms. The zero-order valence-electron chi connectivity index (χ0n) is 10.5. The highest BCUT2D eigenvalue weighted by molar-refractivity contribution is 5.40. The van der Waals surface area contributed by atoms with Gasteiger partial charge in [0.25, 0.3) is 0 Å². The van der Waals surface area contributed by atoms with Crippen molar-refractivity contribution in [1.29, 1.82) is 0 Å². The summed E-state index contributed by atoms with van der Waals surface area (Å²) in [7, 11) is 0. The van der Waals surface area contributed by atoms with Crippen molar-refractivity contribution in [2.75, 3.05) is 5.32 Å². The number of furan rings is 1. The number of aryl methyl sites for hydroxylation is 1. The van der Waals surface area contributed by atoms with Crippen LogP contribution < -0.4 is 5.32 Å². The number of hydrogen-bond donors (Lipinski definition) is 1. The molecule has 19 heavy (non-hydrogen) atoms. The Balaban J connectivity index is 2.15. The van der Waals surface area contributed by atoms with E-state index in [4.69, 9.17) is 4.42 Å². The summed E-state index contributed by atoms with van der Waals surface area (Å²) in [6, 6.07) is 5.23. The number of nitrogens with one attached hydrogen (secondary N) is 1. The number of alkyl halides is 3. The predicted octanol–water partition coefficient (Wildman–Crippen LogP) is 4.17. The minimum absolute atomic E-state index is 0.163. The molecule has 0 aliphatic rings. The predicted molar refractivity (Wildman–Crippen MR) is 64.7 cm³/mol. The standard InChI is InChI=1S/C13H13F3N2O/c1-8-3-4-11(19-8)9(2)18-12-7-10(5-6-17-12)13(14,15)16/h3-7,9H,1-2H3,(H,17,18). The van der Waals surface area contributed by atoms with Crippen LogP contribution in [0.25, 0.3) is 0 Å². The lowest BCUT2D eigenvalue weighted by Gasteiger charge is -2.13. The molecule has 2 rings (SSSR count). The van der Waals surface area contributed by atoms with Crippen LogP contribution in [0.3, 0.4) is 0 Å². The van der Waals surface area contributed by atoms with Crippen LogP contribution in [0.2, 0.25) is 0 Å². The maximum Gasteiger partial charge on any atom is 0.416 e. The van der Waals surface area contributed by atoms with Gasteiger partial charge in [0.2, 0.25) is 0 Å². The van der Waals surface area contributed by atoms with Crippen molar-refractivity contribution in [1.82, 2.24) is 4.98 Å². The Morgan fingerprint density at radius 3 is 2.58 bits per heavy atom. The van der Waals surface area contributed by atoms with Crippen LogP contribution in [0.4, 0.5) is 19.0 Å². The lowest BCUT2D eigenvalue weighted by molar-refractivity contribution is -0.137. The highest BCUT2D eigenvalue weighted by Crippen LogP contribution is 2.30. The first kappa shape index (κ1) is 13.5. The van der Waals surface area contributed by atoms with Gasteiger partial charge in [-0.1, -0.05) is 0 Å². The lowest BCUT2D eigenvalue weighted by atomic mass is 10.2. The summed E-state index contributed by atoms with van der Waals surface area (Å²) in [5, 5.41) is 2.88. The van der Waals surface area contributed by atoms with Gasteiger partial charge in [0, 0.05) is 6.20 Å². The van der Waals surface area contributed by atoms with E-state index >= 15 is 0 Å². The summed E-state index contributed by atoms with van der Waals surface area (Å²) >= 11 is 0. The lowest BCUT2D eigenvalue weighted by Crippen LogP contribution is -2.10. The molecule has 102 valence electrons. The summed E-state index contributed by atoms with van der Waals surface area (Å²) in [5.74, 6) is 1.56. The molecule has 0 aliphatic heterocycles. The van der Waals surface area contributed by atoms with E-state index in [1.165, 1.54) is 0 Å². The van der Waals surface area contributed by atoms with Crippen LogP contribution in [-0.4, -0.2) is 4.98 Å². The molecule has 3 nitrogen and oxygen atoms in total. The molecule has 0 spiro atoms. The van der Waals surface area contributed by atoms with Crippen molar-refractivity contribution in [3.05, 3.63) is 47.5 Å². The number of anilines is 1. The average molecular weight is 270 g/mol. The maximum atomic E-state index is 12.6. The largest absolute Gasteiger partial charge is 0.464 e. The van der Waals surface area contributed by atoms with E-state index in [0.29, 0.717) is 5.76 Å². The Morgan fingerprint density at radius 1 is 1.26 bits per heavy atom. The summed E-state index contributed by atoms with van der Waals surface area (Å²) in [6.07, 6.45) is -3.24. The summed E-state index contributed by atoms with van der Waals surface area (Å²) in [6.45, 7) is 3.60. The van der Waals surface area contributed by atoms with Crippen molar-refractivity contribution >= 4 is 5.82 Å². The van der Waals surface area contributed by atoms with Gasteiger partial charge in [0.1, 0.15) is 17.3 Å². The maximum absolute atomic E-state index is 12.6. The first-order chi connectivity index (χ1) is 8.86. The number of hydrogen-bond acceptors (Lipinski definition) is 3. The van der Waals surface area contributed by atoms with Gasteiger partial charge >= 0.3 is 6.18 Å². The topological polar surface area (TPSA) is 38.1 Å². The minimum Gasteiger partial charge on any atom is -0.464 e. The van der Waals surface area contributed by atoms with Crippen molar-refractivity contribution in [2.45, 2.75) is 26.1 Å². The van der Waals surface area contributed by atoms with Crippen LogP contribution >= 0.6 is 0 Å². The Labute approximate surface area is 108 Å². The molecule has 0 radical (unpaired) electrons. The van der Waals surface area contributed by atoms with Gasteiger partial charge in [-0.15, -0.1) is 0 Å². The number of pyridine rings is 1. The molecule has 0 aliphatic carbocycles. The molecule has 1 unspecified atom stereocenters. The normalized spacial score (nSPS) is 13.3. The molecule has 2 heterocycles. The molecule has 0 aromatic carbocycles. The second-order valence-corrected chi connectivity index (χ2v) is 4.24. The summed E-state index contributed by atoms with van der Waals surface area (Å²) in [5.41, 5.74) is -0.729. The van der Waals surface area contributed by atoms with Gasteiger partial charge in [-0.05, 0) is 38.1 Å². The molecule has 0 fully saturated rings. The van der Waals surface area contributed by atoms with Crippen LogP contribution in [0.5, 0.6) is 0 Å². The first-order valence-corrected chi connectivity index (χ1v) is 5.72. The van der Waals surface area contributed by atoms with E-state index < -0.39 is 11.7 Å². The summed E-state index contributed by atoms with van der Waals surface area (Å²) in [4.78, 5) is 3.87. The molecule has 0 saturated heterocycles. The van der Waals surface area contributed by atoms with E-state index in [-0.39, 0.29) is 11.9 Å². The van der Waals surface area contributed by atoms with Crippen molar-refractivity contribution in [3.63, 3.8) is 0 Å². The van der Waals surface area contributed by atoms with Crippen molar-refractivity contribution in [3.8, 4) is 0 Å². The number of halogens is 3. The minimum atomic E-state index is -4.37. The van der Waals surface area contributed by atoms with Gasteiger partial charge in [-0.3, -0.25) is 0 Å². The van der Waals surface area contributed by atoms with E-state index in [2.05, 4.69) is 10.3 Å². The fourth-order valence-electron chi connectivity index (χ4n) is 1.66. The molecule has 1 N–H and O–H groups in total. The number of aromatic nitrogens is 1. The smallest absolute Gasteiger partial charge is 0.416 e. The SMILES string of the molecule is Cc1ccc(C(C)Nc2cc(C(F)(F)F)ccn2)o1. The average Bonchev–Trinajstić information content (AvgIpc) is 2.75. The van der Waals surface area contributed by atoms with Crippen molar-refractivity contribution < 1.29 is 17.6 Å². The van der Waals surface area contributed by atoms with Crippen LogP contribution in [0.1, 0.15) is 30.0 Å². The van der Waals surface area contributed by atoms with E-state index in [1.54, 1.807) is 26.0 Å². The molecule has 0 bridgehead atoms. The Bertz CT molecular complexity index is 563. The molecule has 1 atom stereocenters. The Hall–Kier alpha value is -1.98. The molecular formula is C13H13F3N2O. The van der Waals surface area contributed by atoms with Gasteiger partial charge in [-0.2, -0.15) is 13.2 Å². The van der Waals surface area contributed by atoms with E-state index in [9.17, 15) is 13.2 Å². The van der Waals surface area contributed by atoms with E-state index in [0.717, 1.165) is 24.1 Å².